The highest BCUT2D eigenvalue weighted by molar-refractivity contribution is 5.95. The molecule has 0 aliphatic rings. The molecule has 0 heterocycles. The lowest BCUT2D eigenvalue weighted by Gasteiger charge is -2.27. The summed E-state index contributed by atoms with van der Waals surface area (Å²) in [5, 5.41) is 26.8. The molecule has 4 unspecified atom stereocenters. The molecule has 0 saturated heterocycles. The number of amides is 4. The van der Waals surface area contributed by atoms with Gasteiger partial charge in [-0.05, 0) is 29.2 Å². The van der Waals surface area contributed by atoms with Gasteiger partial charge in [0.25, 0.3) is 0 Å². The minimum atomic E-state index is -1.30. The number of carboxylic acids is 1. The molecule has 0 aliphatic heterocycles. The van der Waals surface area contributed by atoms with Crippen LogP contribution in [0.25, 0.3) is 0 Å². The van der Waals surface area contributed by atoms with Crippen molar-refractivity contribution in [1.29, 1.82) is 0 Å². The fourth-order valence-electron chi connectivity index (χ4n) is 3.77. The third-order valence-corrected chi connectivity index (χ3v) is 5.91. The van der Waals surface area contributed by atoms with E-state index in [2.05, 4.69) is 16.0 Å². The molecular formula is C27H35N5O7. The minimum absolute atomic E-state index is 0.00676. The number of nitrogens with two attached hydrogens (primary N) is 2. The molecule has 4 atom stereocenters. The quantitative estimate of drug-likeness (QED) is 0.166. The first-order valence-electron chi connectivity index (χ1n) is 12.4. The first-order chi connectivity index (χ1) is 18.4. The lowest BCUT2D eigenvalue weighted by atomic mass is 9.99. The van der Waals surface area contributed by atoms with Crippen LogP contribution in [0.4, 0.5) is 0 Å². The molecule has 12 heteroatoms. The second kappa shape index (κ2) is 14.5. The van der Waals surface area contributed by atoms with Crippen LogP contribution in [0, 0.1) is 5.92 Å². The van der Waals surface area contributed by atoms with E-state index in [9.17, 15) is 34.2 Å². The van der Waals surface area contributed by atoms with Gasteiger partial charge >= 0.3 is 5.97 Å². The van der Waals surface area contributed by atoms with Crippen molar-refractivity contribution in [2.45, 2.75) is 57.3 Å². The summed E-state index contributed by atoms with van der Waals surface area (Å²) in [6.07, 6.45) is -0.425. The summed E-state index contributed by atoms with van der Waals surface area (Å²) in [5.41, 5.74) is 12.1. The summed E-state index contributed by atoms with van der Waals surface area (Å²) in [7, 11) is 0. The maximum Gasteiger partial charge on any atom is 0.326 e. The predicted octanol–water partition coefficient (Wildman–Crippen LogP) is -0.425. The molecule has 4 amide bonds. The lowest BCUT2D eigenvalue weighted by Crippen LogP contribution is -2.59. The molecule has 0 radical (unpaired) electrons. The van der Waals surface area contributed by atoms with Gasteiger partial charge in [0.05, 0.1) is 12.5 Å². The van der Waals surface area contributed by atoms with Crippen LogP contribution in [0.15, 0.2) is 54.6 Å². The van der Waals surface area contributed by atoms with Crippen LogP contribution < -0.4 is 27.4 Å². The lowest BCUT2D eigenvalue weighted by molar-refractivity contribution is -0.142. The molecule has 0 aliphatic carbocycles. The zero-order valence-corrected chi connectivity index (χ0v) is 21.8. The summed E-state index contributed by atoms with van der Waals surface area (Å²) < 4.78 is 0. The van der Waals surface area contributed by atoms with Gasteiger partial charge in [-0.1, -0.05) is 56.3 Å². The first-order valence-corrected chi connectivity index (χ1v) is 12.4. The molecule has 2 aromatic carbocycles. The highest BCUT2D eigenvalue weighted by atomic mass is 16.4. The Bertz CT molecular complexity index is 1150. The van der Waals surface area contributed by atoms with Crippen LogP contribution in [-0.2, 0) is 36.8 Å². The van der Waals surface area contributed by atoms with Gasteiger partial charge in [-0.2, -0.15) is 0 Å². The van der Waals surface area contributed by atoms with Crippen molar-refractivity contribution >= 4 is 29.6 Å². The molecular weight excluding hydrogens is 506 g/mol. The Kier molecular flexibility index (Phi) is 11.4. The van der Waals surface area contributed by atoms with Crippen molar-refractivity contribution in [3.63, 3.8) is 0 Å². The Balaban J connectivity index is 2.21. The van der Waals surface area contributed by atoms with Crippen LogP contribution in [0.1, 0.15) is 31.4 Å². The van der Waals surface area contributed by atoms with E-state index in [4.69, 9.17) is 11.5 Å². The molecule has 0 fully saturated rings. The normalized spacial score (nSPS) is 13.9. The van der Waals surface area contributed by atoms with Crippen molar-refractivity contribution in [1.82, 2.24) is 16.0 Å². The fourth-order valence-corrected chi connectivity index (χ4v) is 3.77. The van der Waals surface area contributed by atoms with Gasteiger partial charge < -0.3 is 37.6 Å². The van der Waals surface area contributed by atoms with E-state index in [0.717, 1.165) is 0 Å². The Morgan fingerprint density at radius 2 is 1.31 bits per heavy atom. The molecule has 210 valence electrons. The number of aliphatic carboxylic acids is 1. The Morgan fingerprint density at radius 1 is 0.769 bits per heavy atom. The molecule has 12 nitrogen and oxygen atoms in total. The van der Waals surface area contributed by atoms with E-state index >= 15 is 0 Å². The standard InChI is InChI=1S/C27H35N5O7/c1-15(2)23(26(37)31-21(27(38)39)13-16-6-4-3-5-7-16)32-25(36)20(12-17-8-10-18(33)11-9-17)30-24(35)19(28)14-22(29)34/h3-11,15,19-21,23,33H,12-14,28H2,1-2H3,(H2,29,34)(H,30,35)(H,31,37)(H,32,36)(H,38,39). The minimum Gasteiger partial charge on any atom is -0.508 e. The van der Waals surface area contributed by atoms with Crippen molar-refractivity contribution in [2.75, 3.05) is 0 Å². The van der Waals surface area contributed by atoms with Crippen molar-refractivity contribution in [3.05, 3.63) is 65.7 Å². The Morgan fingerprint density at radius 3 is 1.85 bits per heavy atom. The van der Waals surface area contributed by atoms with Gasteiger partial charge in [0.1, 0.15) is 23.9 Å². The number of carbonyl (C=O) groups excluding carboxylic acids is 4. The van der Waals surface area contributed by atoms with Crippen molar-refractivity contribution in [3.8, 4) is 5.75 Å². The zero-order chi connectivity index (χ0) is 29.1. The van der Waals surface area contributed by atoms with Crippen LogP contribution in [0.5, 0.6) is 5.75 Å². The molecule has 9 N–H and O–H groups in total. The average molecular weight is 542 g/mol. The van der Waals surface area contributed by atoms with Crippen LogP contribution in [0.3, 0.4) is 0 Å². The second-order valence-electron chi connectivity index (χ2n) is 9.53. The number of primary amides is 1. The summed E-state index contributed by atoms with van der Waals surface area (Å²) in [6.45, 7) is 3.35. The summed E-state index contributed by atoms with van der Waals surface area (Å²) in [4.78, 5) is 62.0. The van der Waals surface area contributed by atoms with Crippen molar-refractivity contribution < 1.29 is 34.2 Å². The molecule has 39 heavy (non-hydrogen) atoms. The van der Waals surface area contributed by atoms with Gasteiger partial charge in [-0.15, -0.1) is 0 Å². The number of carboxylic acid groups (broad SMARTS) is 1. The number of phenolic OH excluding ortho intramolecular Hbond substituents is 1. The number of benzene rings is 2. The topological polar surface area (TPSA) is 214 Å². The van der Waals surface area contributed by atoms with Crippen LogP contribution in [0.2, 0.25) is 0 Å². The molecule has 2 rings (SSSR count). The van der Waals surface area contributed by atoms with Crippen LogP contribution >= 0.6 is 0 Å². The summed E-state index contributed by atoms with van der Waals surface area (Å²) in [5.74, 6) is -4.70. The molecule has 2 aromatic rings. The largest absolute Gasteiger partial charge is 0.508 e. The number of carbonyl (C=O) groups is 5. The second-order valence-corrected chi connectivity index (χ2v) is 9.53. The van der Waals surface area contributed by atoms with E-state index in [1.54, 1.807) is 56.3 Å². The third-order valence-electron chi connectivity index (χ3n) is 5.91. The summed E-state index contributed by atoms with van der Waals surface area (Å²) >= 11 is 0. The third kappa shape index (κ3) is 10.1. The smallest absolute Gasteiger partial charge is 0.326 e. The molecule has 0 bridgehead atoms. The maximum absolute atomic E-state index is 13.3. The van der Waals surface area contributed by atoms with Gasteiger partial charge in [0, 0.05) is 12.8 Å². The Hall–Kier alpha value is -4.45. The monoisotopic (exact) mass is 541 g/mol. The molecule has 0 spiro atoms. The van der Waals surface area contributed by atoms with E-state index in [1.807, 2.05) is 0 Å². The zero-order valence-electron chi connectivity index (χ0n) is 21.8. The predicted molar refractivity (Wildman–Crippen MR) is 142 cm³/mol. The van der Waals surface area contributed by atoms with E-state index in [-0.39, 0.29) is 18.6 Å². The molecule has 0 aromatic heterocycles. The van der Waals surface area contributed by atoms with E-state index < -0.39 is 66.1 Å². The van der Waals surface area contributed by atoms with Crippen molar-refractivity contribution in [2.24, 2.45) is 17.4 Å². The Labute approximate surface area is 226 Å². The van der Waals surface area contributed by atoms with E-state index in [1.165, 1.54) is 12.1 Å². The number of rotatable bonds is 14. The van der Waals surface area contributed by atoms with Crippen LogP contribution in [-0.4, -0.2) is 64.0 Å². The highest BCUT2D eigenvalue weighted by Crippen LogP contribution is 2.13. The summed E-state index contributed by atoms with van der Waals surface area (Å²) in [6, 6.07) is 9.83. The number of hydrogen-bond acceptors (Lipinski definition) is 7. The van der Waals surface area contributed by atoms with Gasteiger partial charge in [0.15, 0.2) is 0 Å². The first kappa shape index (κ1) is 30.8. The SMILES string of the molecule is CC(C)C(NC(=O)C(Cc1ccc(O)cc1)NC(=O)C(N)CC(N)=O)C(=O)NC(Cc1ccccc1)C(=O)O. The molecule has 0 saturated carbocycles. The van der Waals surface area contributed by atoms with Gasteiger partial charge in [-0.25, -0.2) is 4.79 Å². The van der Waals surface area contributed by atoms with Gasteiger partial charge in [-0.3, -0.25) is 19.2 Å². The van der Waals surface area contributed by atoms with E-state index in [0.29, 0.717) is 11.1 Å². The van der Waals surface area contributed by atoms with Gasteiger partial charge in [0.2, 0.25) is 23.6 Å². The average Bonchev–Trinajstić information content (AvgIpc) is 2.87. The fraction of sp³-hybridized carbons (Fsp3) is 0.370. The maximum atomic E-state index is 13.3. The number of aromatic hydroxyl groups is 1. The number of nitrogens with one attached hydrogen (secondary N) is 3. The highest BCUT2D eigenvalue weighted by Gasteiger charge is 2.32. The number of hydrogen-bond donors (Lipinski definition) is 7. The number of phenols is 1.